The van der Waals surface area contributed by atoms with Gasteiger partial charge in [-0.1, -0.05) is 285 Å². The summed E-state index contributed by atoms with van der Waals surface area (Å²) < 4.78 is 30.8. The monoisotopic (exact) mass is 1210 g/mol. The van der Waals surface area contributed by atoms with Gasteiger partial charge in [0.2, 0.25) is 5.91 Å². The van der Waals surface area contributed by atoms with Crippen LogP contribution in [0.5, 0.6) is 0 Å². The highest BCUT2D eigenvalue weighted by atomic mass is 31.2. The van der Waals surface area contributed by atoms with Gasteiger partial charge in [-0.15, -0.1) is 0 Å². The lowest BCUT2D eigenvalue weighted by molar-refractivity contribution is -0.870. The van der Waals surface area contributed by atoms with E-state index in [1.54, 1.807) is 0 Å². The number of allylic oxidation sites excluding steroid dienone is 17. The molecule has 0 radical (unpaired) electrons. The van der Waals surface area contributed by atoms with Gasteiger partial charge in [0.1, 0.15) is 19.3 Å². The van der Waals surface area contributed by atoms with Gasteiger partial charge in [0.05, 0.1) is 33.8 Å². The van der Waals surface area contributed by atoms with Crippen LogP contribution in [0.1, 0.15) is 303 Å². The number of esters is 1. The molecular weight excluding hydrogens is 1070 g/mol. The van der Waals surface area contributed by atoms with Crippen LogP contribution in [0.4, 0.5) is 0 Å². The number of amides is 1. The molecule has 0 rings (SSSR count). The first-order valence-electron chi connectivity index (χ1n) is 35.2. The molecule has 10 heteroatoms. The van der Waals surface area contributed by atoms with Crippen LogP contribution in [0, 0.1) is 0 Å². The van der Waals surface area contributed by atoms with Gasteiger partial charge in [-0.25, -0.2) is 4.57 Å². The fourth-order valence-electron chi connectivity index (χ4n) is 9.80. The van der Waals surface area contributed by atoms with Crippen LogP contribution in [0.25, 0.3) is 0 Å². The Kier molecular flexibility index (Phi) is 61.2. The standard InChI is InChI=1S/C75H133N2O7P/c1-7-10-13-16-19-22-25-28-30-32-34-36-37-38-39-41-43-45-47-50-53-56-59-62-65-68-75(79)84-73(66-63-60-57-54-51-48-27-24-21-18-15-12-9-3)72(71-83-85(80,81)82-70-69-77(4,5)6)76-74(78)67-64-61-58-55-52-49-46-44-42-40-35-33-31-29-26-23-20-17-14-11-8-2/h10,13,19-20,22-23,28-31,34-36,38-40,63,66,72-73H,7-9,11-12,14-18,21,24-27,32-33,37,41-62,64-65,67-71H2,1-6H3,(H-,76,78,80,81)/p+1/b13-10-,22-19-,23-20-,30-28-,31-29-,36-34-,39-38-,40-35-,66-63+. The molecule has 0 spiro atoms. The number of ether oxygens (including phenoxy) is 1. The molecule has 3 atom stereocenters. The lowest BCUT2D eigenvalue weighted by Gasteiger charge is -2.27. The zero-order valence-corrected chi connectivity index (χ0v) is 57.0. The van der Waals surface area contributed by atoms with Crippen molar-refractivity contribution < 1.29 is 37.3 Å². The molecule has 1 amide bonds. The normalized spacial score (nSPS) is 14.2. The maximum Gasteiger partial charge on any atom is 0.472 e. The summed E-state index contributed by atoms with van der Waals surface area (Å²) in [5.74, 6) is -0.519. The molecule has 0 aromatic heterocycles. The average Bonchev–Trinajstić information content (AvgIpc) is 3.48. The molecule has 0 aliphatic carbocycles. The van der Waals surface area contributed by atoms with Gasteiger partial charge >= 0.3 is 13.8 Å². The molecule has 0 aliphatic rings. The second-order valence-corrected chi connectivity index (χ2v) is 26.1. The third kappa shape index (κ3) is 65.0. The molecule has 0 saturated carbocycles. The van der Waals surface area contributed by atoms with Gasteiger partial charge in [0.15, 0.2) is 0 Å². The molecule has 0 fully saturated rings. The summed E-state index contributed by atoms with van der Waals surface area (Å²) in [5, 5.41) is 3.07. The smallest absolute Gasteiger partial charge is 0.456 e. The van der Waals surface area contributed by atoms with Gasteiger partial charge in [-0.05, 0) is 115 Å². The van der Waals surface area contributed by atoms with Gasteiger partial charge in [-0.2, -0.15) is 0 Å². The minimum atomic E-state index is -4.47. The fourth-order valence-corrected chi connectivity index (χ4v) is 10.5. The summed E-state index contributed by atoms with van der Waals surface area (Å²) in [6.07, 6.45) is 88.0. The Morgan fingerprint density at radius 3 is 1.15 bits per heavy atom. The fraction of sp³-hybridized carbons (Fsp3) is 0.733. The van der Waals surface area contributed by atoms with Crippen molar-refractivity contribution in [1.82, 2.24) is 5.32 Å². The number of hydrogen-bond donors (Lipinski definition) is 2. The molecule has 0 aromatic rings. The Labute approximate surface area is 525 Å². The zero-order chi connectivity index (χ0) is 62.1. The number of unbranched alkanes of at least 4 members (excludes halogenated alkanes) is 31. The van der Waals surface area contributed by atoms with E-state index in [1.165, 1.54) is 141 Å². The summed E-state index contributed by atoms with van der Waals surface area (Å²) >= 11 is 0. The number of rotatable bonds is 63. The average molecular weight is 1210 g/mol. The predicted molar refractivity (Wildman–Crippen MR) is 369 cm³/mol. The highest BCUT2D eigenvalue weighted by Crippen LogP contribution is 2.43. The van der Waals surface area contributed by atoms with Crippen LogP contribution in [-0.4, -0.2) is 74.3 Å². The van der Waals surface area contributed by atoms with Crippen molar-refractivity contribution in [2.75, 3.05) is 40.9 Å². The van der Waals surface area contributed by atoms with Gasteiger partial charge < -0.3 is 19.4 Å². The van der Waals surface area contributed by atoms with E-state index in [1.807, 2.05) is 33.3 Å². The first-order chi connectivity index (χ1) is 41.4. The number of hydrogen-bond acceptors (Lipinski definition) is 6. The molecule has 3 unspecified atom stereocenters. The Bertz CT molecular complexity index is 1820. The third-order valence-corrected chi connectivity index (χ3v) is 16.2. The number of phosphoric acid groups is 1. The molecule has 0 aromatic carbocycles. The van der Waals surface area contributed by atoms with E-state index in [4.69, 9.17) is 13.8 Å². The number of quaternary nitrogens is 1. The summed E-state index contributed by atoms with van der Waals surface area (Å²) in [5.41, 5.74) is 0. The highest BCUT2D eigenvalue weighted by molar-refractivity contribution is 7.47. The van der Waals surface area contributed by atoms with E-state index in [2.05, 4.69) is 123 Å². The molecule has 490 valence electrons. The Morgan fingerprint density at radius 2 is 0.753 bits per heavy atom. The summed E-state index contributed by atoms with van der Waals surface area (Å²) in [6.45, 7) is 6.88. The van der Waals surface area contributed by atoms with Gasteiger partial charge in [-0.3, -0.25) is 18.6 Å². The Balaban J connectivity index is 5.16. The van der Waals surface area contributed by atoms with Crippen LogP contribution in [0.15, 0.2) is 109 Å². The molecule has 2 N–H and O–H groups in total. The van der Waals surface area contributed by atoms with E-state index in [-0.39, 0.29) is 31.5 Å². The largest absolute Gasteiger partial charge is 0.472 e. The maximum absolute atomic E-state index is 13.6. The quantitative estimate of drug-likeness (QED) is 0.0205. The number of nitrogens with one attached hydrogen (secondary N) is 1. The number of carbonyl (C=O) groups excluding carboxylic acids is 2. The minimum absolute atomic E-state index is 0.0330. The molecule has 9 nitrogen and oxygen atoms in total. The topological polar surface area (TPSA) is 111 Å². The second kappa shape index (κ2) is 63.7. The van der Waals surface area contributed by atoms with Crippen molar-refractivity contribution in [2.24, 2.45) is 0 Å². The van der Waals surface area contributed by atoms with Crippen molar-refractivity contribution >= 4 is 19.7 Å². The third-order valence-electron chi connectivity index (χ3n) is 15.2. The Morgan fingerprint density at radius 1 is 0.424 bits per heavy atom. The lowest BCUT2D eigenvalue weighted by Crippen LogP contribution is -2.47. The zero-order valence-electron chi connectivity index (χ0n) is 56.1. The SMILES string of the molecule is CC/C=C\C/C=C\C/C=C\C/C=C\C/C=C\CCCCCCCCCCCC(=O)OC(/C=C/CCCCCCCCCCCCC)C(COP(=O)(O)OCC[N+](C)(C)C)NC(=O)CCCCCCCCCC/C=C\C/C=C\C/C=C\CCCCC. The molecule has 0 heterocycles. The predicted octanol–water partition coefficient (Wildman–Crippen LogP) is 22.5. The molecule has 0 saturated heterocycles. The van der Waals surface area contributed by atoms with E-state index in [0.29, 0.717) is 17.4 Å². The van der Waals surface area contributed by atoms with Crippen molar-refractivity contribution in [3.63, 3.8) is 0 Å². The number of phosphoric ester groups is 1. The van der Waals surface area contributed by atoms with Crippen molar-refractivity contribution in [3.05, 3.63) is 109 Å². The molecule has 0 aliphatic heterocycles. The van der Waals surface area contributed by atoms with Crippen LogP contribution in [-0.2, 0) is 27.9 Å². The second-order valence-electron chi connectivity index (χ2n) is 24.7. The Hall–Kier alpha value is -3.33. The first kappa shape index (κ1) is 81.7. The van der Waals surface area contributed by atoms with E-state index in [9.17, 15) is 19.0 Å². The molecular formula is C75H134N2O7P+. The van der Waals surface area contributed by atoms with Crippen molar-refractivity contribution in [2.45, 2.75) is 315 Å². The number of carbonyl (C=O) groups is 2. The van der Waals surface area contributed by atoms with E-state index < -0.39 is 20.0 Å². The van der Waals surface area contributed by atoms with Crippen LogP contribution in [0.2, 0.25) is 0 Å². The van der Waals surface area contributed by atoms with Crippen LogP contribution >= 0.6 is 7.82 Å². The minimum Gasteiger partial charge on any atom is -0.456 e. The summed E-state index contributed by atoms with van der Waals surface area (Å²) in [6, 6.07) is -0.863. The van der Waals surface area contributed by atoms with Gasteiger partial charge in [0, 0.05) is 12.8 Å². The van der Waals surface area contributed by atoms with Crippen molar-refractivity contribution in [1.29, 1.82) is 0 Å². The molecule has 85 heavy (non-hydrogen) atoms. The van der Waals surface area contributed by atoms with E-state index >= 15 is 0 Å². The lowest BCUT2D eigenvalue weighted by atomic mass is 10.0. The summed E-state index contributed by atoms with van der Waals surface area (Å²) in [7, 11) is 1.48. The van der Waals surface area contributed by atoms with Gasteiger partial charge in [0.25, 0.3) is 0 Å². The maximum atomic E-state index is 13.6. The number of nitrogens with zero attached hydrogens (tertiary/aromatic N) is 1. The van der Waals surface area contributed by atoms with Crippen molar-refractivity contribution in [3.8, 4) is 0 Å². The summed E-state index contributed by atoms with van der Waals surface area (Å²) in [4.78, 5) is 37.9. The van der Waals surface area contributed by atoms with E-state index in [0.717, 1.165) is 128 Å². The first-order valence-corrected chi connectivity index (χ1v) is 36.7. The molecule has 0 bridgehead atoms. The van der Waals surface area contributed by atoms with Crippen LogP contribution in [0.3, 0.4) is 0 Å². The highest BCUT2D eigenvalue weighted by Gasteiger charge is 2.30. The van der Waals surface area contributed by atoms with Crippen LogP contribution < -0.4 is 5.32 Å². The number of likely N-dealkylation sites (N-methyl/N-ethyl adjacent to an activating group) is 1.